The van der Waals surface area contributed by atoms with E-state index in [4.69, 9.17) is 14.5 Å². The van der Waals surface area contributed by atoms with Crippen molar-refractivity contribution in [2.75, 3.05) is 19.7 Å². The maximum Gasteiger partial charge on any atom is 0.213 e. The highest BCUT2D eigenvalue weighted by Crippen LogP contribution is 2.33. The Morgan fingerprint density at radius 2 is 2.12 bits per heavy atom. The molecule has 1 aromatic carbocycles. The van der Waals surface area contributed by atoms with Gasteiger partial charge in [0, 0.05) is 35.2 Å². The lowest BCUT2D eigenvalue weighted by Gasteiger charge is -2.22. The van der Waals surface area contributed by atoms with Crippen LogP contribution in [0.4, 0.5) is 0 Å². The molecule has 2 aliphatic heterocycles. The molecule has 2 aromatic rings. The van der Waals surface area contributed by atoms with E-state index in [2.05, 4.69) is 17.5 Å². The Balaban J connectivity index is 1.49. The zero-order chi connectivity index (χ0) is 17.1. The van der Waals surface area contributed by atoms with E-state index in [1.165, 1.54) is 0 Å². The number of ether oxygens (including phenoxy) is 2. The van der Waals surface area contributed by atoms with Crippen LogP contribution in [0.1, 0.15) is 41.1 Å². The van der Waals surface area contributed by atoms with Crippen molar-refractivity contribution in [2.24, 2.45) is 0 Å². The van der Waals surface area contributed by atoms with E-state index in [-0.39, 0.29) is 0 Å². The molecule has 0 radical (unpaired) electrons. The van der Waals surface area contributed by atoms with Gasteiger partial charge in [-0.05, 0) is 38.1 Å². The van der Waals surface area contributed by atoms with Crippen LogP contribution in [-0.2, 0) is 13.0 Å². The van der Waals surface area contributed by atoms with Crippen LogP contribution in [0.2, 0.25) is 0 Å². The number of benzene rings is 1. The van der Waals surface area contributed by atoms with Crippen LogP contribution in [0.15, 0.2) is 30.3 Å². The average molecular weight is 335 g/mol. The Hall–Kier alpha value is -2.58. The number of hydrogen-bond donors (Lipinski definition) is 1. The van der Waals surface area contributed by atoms with Gasteiger partial charge in [-0.15, -0.1) is 0 Å². The van der Waals surface area contributed by atoms with E-state index in [0.29, 0.717) is 30.6 Å². The minimum absolute atomic E-state index is 0.400. The second kappa shape index (κ2) is 7.12. The van der Waals surface area contributed by atoms with Crippen LogP contribution in [0.5, 0.6) is 11.6 Å². The predicted octanol–water partition coefficient (Wildman–Crippen LogP) is 2.93. The molecule has 3 heterocycles. The van der Waals surface area contributed by atoms with Crippen LogP contribution in [-0.4, -0.2) is 24.7 Å². The molecule has 5 heteroatoms. The molecule has 0 bridgehead atoms. The van der Waals surface area contributed by atoms with Gasteiger partial charge >= 0.3 is 0 Å². The third-order valence-electron chi connectivity index (χ3n) is 4.94. The first kappa shape index (κ1) is 15.9. The second-order valence-electron chi connectivity index (χ2n) is 6.50. The zero-order valence-electron chi connectivity index (χ0n) is 14.1. The molecule has 1 N–H and O–H groups in total. The topological polar surface area (TPSA) is 67.2 Å². The van der Waals surface area contributed by atoms with Crippen LogP contribution >= 0.6 is 0 Å². The van der Waals surface area contributed by atoms with Gasteiger partial charge in [0.1, 0.15) is 12.4 Å². The largest absolute Gasteiger partial charge is 0.492 e. The highest BCUT2D eigenvalue weighted by molar-refractivity contribution is 5.53. The van der Waals surface area contributed by atoms with Crippen molar-refractivity contribution >= 4 is 0 Å². The van der Waals surface area contributed by atoms with E-state index in [9.17, 15) is 5.26 Å². The fraction of sp³-hybridized carbons (Fsp3) is 0.400. The number of pyridine rings is 1. The lowest BCUT2D eigenvalue weighted by atomic mass is 9.94. The molecule has 0 unspecified atom stereocenters. The van der Waals surface area contributed by atoms with E-state index in [0.717, 1.165) is 54.9 Å². The first-order valence-corrected chi connectivity index (χ1v) is 8.83. The van der Waals surface area contributed by atoms with Crippen molar-refractivity contribution in [3.63, 3.8) is 0 Å². The maximum atomic E-state index is 9.20. The highest BCUT2D eigenvalue weighted by atomic mass is 16.5. The number of rotatable bonds is 4. The van der Waals surface area contributed by atoms with Crippen molar-refractivity contribution in [3.8, 4) is 17.7 Å². The maximum absolute atomic E-state index is 9.20. The molecule has 5 nitrogen and oxygen atoms in total. The summed E-state index contributed by atoms with van der Waals surface area (Å²) in [6.45, 7) is 3.12. The van der Waals surface area contributed by atoms with Crippen LogP contribution in [0.25, 0.3) is 0 Å². The SMILES string of the molecule is N#Cc1ccc(COc2cccc(C3CCNCC3)n2)c2c1CCO2. The standard InChI is InChI=1S/C20H21N3O2/c21-12-15-4-5-16(20-17(15)8-11-24-20)13-25-19-3-1-2-18(23-19)14-6-9-22-10-7-14/h1-5,14,22H,6-11,13H2. The molecule has 4 rings (SSSR count). The minimum atomic E-state index is 0.400. The van der Waals surface area contributed by atoms with Crippen LogP contribution < -0.4 is 14.8 Å². The quantitative estimate of drug-likeness (QED) is 0.930. The Labute approximate surface area is 147 Å². The van der Waals surface area contributed by atoms with Gasteiger partial charge in [0.15, 0.2) is 0 Å². The van der Waals surface area contributed by atoms with Crippen molar-refractivity contribution in [3.05, 3.63) is 52.7 Å². The molecule has 2 aliphatic rings. The summed E-state index contributed by atoms with van der Waals surface area (Å²) in [5, 5.41) is 12.6. The molecule has 0 amide bonds. The van der Waals surface area contributed by atoms with Crippen molar-refractivity contribution < 1.29 is 9.47 Å². The lowest BCUT2D eigenvalue weighted by Crippen LogP contribution is -2.27. The highest BCUT2D eigenvalue weighted by Gasteiger charge is 2.21. The van der Waals surface area contributed by atoms with Gasteiger partial charge < -0.3 is 14.8 Å². The van der Waals surface area contributed by atoms with Crippen LogP contribution in [0, 0.1) is 11.3 Å². The van der Waals surface area contributed by atoms with Gasteiger partial charge in [-0.2, -0.15) is 5.26 Å². The molecule has 1 aromatic heterocycles. The molecular weight excluding hydrogens is 314 g/mol. The van der Waals surface area contributed by atoms with Gasteiger partial charge in [0.2, 0.25) is 5.88 Å². The monoisotopic (exact) mass is 335 g/mol. The Morgan fingerprint density at radius 3 is 2.96 bits per heavy atom. The molecule has 0 aliphatic carbocycles. The molecule has 25 heavy (non-hydrogen) atoms. The summed E-state index contributed by atoms with van der Waals surface area (Å²) in [4.78, 5) is 4.70. The fourth-order valence-corrected chi connectivity index (χ4v) is 3.59. The number of hydrogen-bond acceptors (Lipinski definition) is 5. The summed E-state index contributed by atoms with van der Waals surface area (Å²) < 4.78 is 11.7. The van der Waals surface area contributed by atoms with Gasteiger partial charge in [-0.3, -0.25) is 0 Å². The molecule has 0 saturated carbocycles. The Kier molecular flexibility index (Phi) is 4.53. The smallest absolute Gasteiger partial charge is 0.213 e. The molecular formula is C20H21N3O2. The number of nitriles is 1. The van der Waals surface area contributed by atoms with Gasteiger partial charge in [-0.25, -0.2) is 4.98 Å². The number of fused-ring (bicyclic) bond motifs is 1. The van der Waals surface area contributed by atoms with Crippen molar-refractivity contribution in [1.82, 2.24) is 10.3 Å². The first-order valence-electron chi connectivity index (χ1n) is 8.83. The average Bonchev–Trinajstić information content (AvgIpc) is 3.17. The molecule has 128 valence electrons. The molecule has 0 atom stereocenters. The van der Waals surface area contributed by atoms with Crippen LogP contribution in [0.3, 0.4) is 0 Å². The summed E-state index contributed by atoms with van der Waals surface area (Å²) in [7, 11) is 0. The minimum Gasteiger partial charge on any atom is -0.492 e. The normalized spacial score (nSPS) is 16.8. The number of piperidine rings is 1. The second-order valence-corrected chi connectivity index (χ2v) is 6.50. The van der Waals surface area contributed by atoms with E-state index in [1.807, 2.05) is 24.3 Å². The lowest BCUT2D eigenvalue weighted by molar-refractivity contribution is 0.280. The summed E-state index contributed by atoms with van der Waals surface area (Å²) in [5.74, 6) is 1.97. The predicted molar refractivity (Wildman–Crippen MR) is 93.8 cm³/mol. The Morgan fingerprint density at radius 1 is 1.24 bits per heavy atom. The number of nitrogens with one attached hydrogen (secondary N) is 1. The van der Waals surface area contributed by atoms with Crippen molar-refractivity contribution in [2.45, 2.75) is 31.8 Å². The molecule has 1 saturated heterocycles. The summed E-state index contributed by atoms with van der Waals surface area (Å²) in [5.41, 5.74) is 3.78. The third kappa shape index (κ3) is 3.31. The summed E-state index contributed by atoms with van der Waals surface area (Å²) >= 11 is 0. The molecule has 1 fully saturated rings. The summed E-state index contributed by atoms with van der Waals surface area (Å²) in [6.07, 6.45) is 3.02. The number of nitrogens with zero attached hydrogens (tertiary/aromatic N) is 2. The molecule has 0 spiro atoms. The number of aromatic nitrogens is 1. The van der Waals surface area contributed by atoms with Crippen molar-refractivity contribution in [1.29, 1.82) is 5.26 Å². The van der Waals surface area contributed by atoms with E-state index < -0.39 is 0 Å². The van der Waals surface area contributed by atoms with Gasteiger partial charge in [0.05, 0.1) is 18.2 Å². The zero-order valence-corrected chi connectivity index (χ0v) is 14.1. The van der Waals surface area contributed by atoms with E-state index in [1.54, 1.807) is 0 Å². The Bertz CT molecular complexity index is 807. The van der Waals surface area contributed by atoms with E-state index >= 15 is 0 Å². The summed E-state index contributed by atoms with van der Waals surface area (Å²) in [6, 6.07) is 12.0. The fourth-order valence-electron chi connectivity index (χ4n) is 3.59. The first-order chi connectivity index (χ1) is 12.3. The van der Waals surface area contributed by atoms with Gasteiger partial charge in [0.25, 0.3) is 0 Å². The third-order valence-corrected chi connectivity index (χ3v) is 4.94. The van der Waals surface area contributed by atoms with Gasteiger partial charge in [-0.1, -0.05) is 12.1 Å².